The van der Waals surface area contributed by atoms with E-state index in [9.17, 15) is 13.2 Å². The molecule has 0 bridgehead atoms. The molecule has 2 aromatic carbocycles. The molecule has 1 heterocycles. The Hall–Kier alpha value is -1.77. The summed E-state index contributed by atoms with van der Waals surface area (Å²) in [6.07, 6.45) is 2.00. The first-order chi connectivity index (χ1) is 13.4. The summed E-state index contributed by atoms with van der Waals surface area (Å²) in [6.45, 7) is 2.40. The average molecular weight is 421 g/mol. The molecule has 4 rings (SSSR count). The van der Waals surface area contributed by atoms with Crippen molar-refractivity contribution in [3.8, 4) is 5.75 Å². The minimum absolute atomic E-state index is 0.105. The van der Waals surface area contributed by atoms with Gasteiger partial charge in [-0.1, -0.05) is 24.3 Å². The topological polar surface area (TPSA) is 66.9 Å². The van der Waals surface area contributed by atoms with Gasteiger partial charge in [0.1, 0.15) is 11.8 Å². The van der Waals surface area contributed by atoms with Gasteiger partial charge in [0.25, 0.3) is 0 Å². The van der Waals surface area contributed by atoms with Gasteiger partial charge >= 0.3 is 0 Å². The van der Waals surface area contributed by atoms with Crippen LogP contribution in [-0.4, -0.2) is 60.9 Å². The molecule has 8 heteroatoms. The van der Waals surface area contributed by atoms with Crippen LogP contribution in [0, 0.1) is 0 Å². The molecule has 1 amide bonds. The van der Waals surface area contributed by atoms with Crippen molar-refractivity contribution in [2.75, 3.05) is 25.3 Å². The average Bonchev–Trinajstić information content (AvgIpc) is 3.42. The first-order valence-electron chi connectivity index (χ1n) is 9.46. The summed E-state index contributed by atoms with van der Waals surface area (Å²) in [5, 5.41) is 1.38. The molecule has 1 saturated heterocycles. The van der Waals surface area contributed by atoms with Crippen molar-refractivity contribution in [3.63, 3.8) is 0 Å². The maximum atomic E-state index is 13.5. The normalized spacial score (nSPS) is 20.4. The number of fused-ring (bicyclic) bond motifs is 1. The molecule has 1 aliphatic carbocycles. The number of rotatable bonds is 6. The molecule has 1 saturated carbocycles. The van der Waals surface area contributed by atoms with Gasteiger partial charge in [0.2, 0.25) is 15.9 Å². The monoisotopic (exact) mass is 420 g/mol. The minimum Gasteiger partial charge on any atom is -0.493 e. The highest BCUT2D eigenvalue weighted by molar-refractivity contribution is 8.00. The van der Waals surface area contributed by atoms with Crippen LogP contribution < -0.4 is 4.74 Å². The van der Waals surface area contributed by atoms with Crippen LogP contribution in [0.2, 0.25) is 0 Å². The Morgan fingerprint density at radius 1 is 1.21 bits per heavy atom. The van der Waals surface area contributed by atoms with Crippen molar-refractivity contribution < 1.29 is 17.9 Å². The zero-order chi connectivity index (χ0) is 19.9. The van der Waals surface area contributed by atoms with Gasteiger partial charge in [-0.15, -0.1) is 11.8 Å². The quantitative estimate of drug-likeness (QED) is 0.719. The smallest absolute Gasteiger partial charge is 0.245 e. The number of amides is 1. The van der Waals surface area contributed by atoms with Crippen LogP contribution in [0.15, 0.2) is 41.3 Å². The van der Waals surface area contributed by atoms with Gasteiger partial charge in [0.15, 0.2) is 0 Å². The zero-order valence-electron chi connectivity index (χ0n) is 16.0. The molecule has 150 valence electrons. The van der Waals surface area contributed by atoms with E-state index in [1.54, 1.807) is 30.1 Å². The summed E-state index contributed by atoms with van der Waals surface area (Å²) in [5.74, 6) is 1.34. The number of hydrogen-bond acceptors (Lipinski definition) is 5. The van der Waals surface area contributed by atoms with Crippen LogP contribution in [0.3, 0.4) is 0 Å². The lowest BCUT2D eigenvalue weighted by Gasteiger charge is -2.27. The molecular weight excluding hydrogens is 396 g/mol. The van der Waals surface area contributed by atoms with Crippen molar-refractivity contribution in [2.24, 2.45) is 0 Å². The highest BCUT2D eigenvalue weighted by atomic mass is 32.2. The number of benzene rings is 2. The zero-order valence-corrected chi connectivity index (χ0v) is 17.6. The largest absolute Gasteiger partial charge is 0.493 e. The first kappa shape index (κ1) is 19.5. The fraction of sp³-hybridized carbons (Fsp3) is 0.450. The highest BCUT2D eigenvalue weighted by Gasteiger charge is 2.44. The van der Waals surface area contributed by atoms with Crippen LogP contribution in [-0.2, 0) is 14.8 Å². The van der Waals surface area contributed by atoms with Gasteiger partial charge in [-0.05, 0) is 31.9 Å². The molecule has 28 heavy (non-hydrogen) atoms. The predicted octanol–water partition coefficient (Wildman–Crippen LogP) is 2.92. The fourth-order valence-electron chi connectivity index (χ4n) is 3.61. The van der Waals surface area contributed by atoms with Crippen LogP contribution >= 0.6 is 11.8 Å². The van der Waals surface area contributed by atoms with E-state index in [4.69, 9.17) is 4.74 Å². The summed E-state index contributed by atoms with van der Waals surface area (Å²) in [4.78, 5) is 14.8. The van der Waals surface area contributed by atoms with Crippen LogP contribution in [0.25, 0.3) is 10.8 Å². The SMILES string of the molecule is CCOc1ccc(S(=O)(=O)N2CSCC2C(=O)N(C)C2CC2)c2ccccc12. The lowest BCUT2D eigenvalue weighted by molar-refractivity contribution is -0.133. The van der Waals surface area contributed by atoms with Crippen LogP contribution in [0.4, 0.5) is 0 Å². The van der Waals surface area contributed by atoms with Crippen molar-refractivity contribution >= 4 is 38.5 Å². The van der Waals surface area contributed by atoms with Crippen molar-refractivity contribution in [1.29, 1.82) is 0 Å². The summed E-state index contributed by atoms with van der Waals surface area (Å²) in [7, 11) is -2.04. The molecule has 1 aliphatic heterocycles. The van der Waals surface area contributed by atoms with Gasteiger partial charge in [0.05, 0.1) is 17.4 Å². The Morgan fingerprint density at radius 2 is 1.93 bits per heavy atom. The summed E-state index contributed by atoms with van der Waals surface area (Å²) >= 11 is 1.48. The summed E-state index contributed by atoms with van der Waals surface area (Å²) in [6, 6.07) is 10.2. The number of hydrogen-bond donors (Lipinski definition) is 0. The fourth-order valence-corrected chi connectivity index (χ4v) is 6.94. The Kier molecular flexibility index (Phi) is 5.28. The maximum Gasteiger partial charge on any atom is 0.245 e. The van der Waals surface area contributed by atoms with E-state index in [-0.39, 0.29) is 16.8 Å². The number of thioether (sulfide) groups is 1. The standard InChI is InChI=1S/C20H24N2O4S2/c1-3-26-18-10-11-19(16-7-5-4-6-15(16)18)28(24,25)22-13-27-12-17(22)20(23)21(2)14-8-9-14/h4-7,10-11,14,17H,3,8-9,12-13H2,1-2H3. The Bertz CT molecular complexity index is 1000. The summed E-state index contributed by atoms with van der Waals surface area (Å²) in [5.41, 5.74) is 0. The number of carbonyl (C=O) groups is 1. The Balaban J connectivity index is 1.73. The number of carbonyl (C=O) groups excluding carboxylic acids is 1. The van der Waals surface area contributed by atoms with Gasteiger partial charge in [0, 0.05) is 29.6 Å². The number of nitrogens with zero attached hydrogens (tertiary/aromatic N) is 2. The molecule has 2 aliphatic rings. The number of ether oxygens (including phenoxy) is 1. The van der Waals surface area contributed by atoms with Gasteiger partial charge < -0.3 is 9.64 Å². The molecule has 2 aromatic rings. The van der Waals surface area contributed by atoms with Gasteiger partial charge in [-0.3, -0.25) is 4.79 Å². The second-order valence-electron chi connectivity index (χ2n) is 7.13. The molecule has 2 fully saturated rings. The number of sulfonamides is 1. The van der Waals surface area contributed by atoms with Crippen molar-refractivity contribution in [1.82, 2.24) is 9.21 Å². The lowest BCUT2D eigenvalue weighted by Crippen LogP contribution is -2.48. The Labute approximate surface area is 169 Å². The molecule has 0 N–H and O–H groups in total. The van der Waals surface area contributed by atoms with E-state index in [1.165, 1.54) is 16.1 Å². The van der Waals surface area contributed by atoms with Crippen molar-refractivity contribution in [2.45, 2.75) is 36.7 Å². The molecular formula is C20H24N2O4S2. The third-order valence-electron chi connectivity index (χ3n) is 5.30. The Morgan fingerprint density at radius 3 is 2.61 bits per heavy atom. The minimum atomic E-state index is -3.82. The van der Waals surface area contributed by atoms with E-state index in [0.29, 0.717) is 29.4 Å². The van der Waals surface area contributed by atoms with E-state index >= 15 is 0 Å². The van der Waals surface area contributed by atoms with Gasteiger partial charge in [-0.25, -0.2) is 8.42 Å². The third kappa shape index (κ3) is 3.38. The van der Waals surface area contributed by atoms with Crippen molar-refractivity contribution in [3.05, 3.63) is 36.4 Å². The molecule has 0 aromatic heterocycles. The highest BCUT2D eigenvalue weighted by Crippen LogP contribution is 2.36. The lowest BCUT2D eigenvalue weighted by atomic mass is 10.1. The molecule has 0 spiro atoms. The maximum absolute atomic E-state index is 13.5. The van der Waals surface area contributed by atoms with E-state index in [0.717, 1.165) is 18.2 Å². The van der Waals surface area contributed by atoms with Crippen LogP contribution in [0.5, 0.6) is 5.75 Å². The first-order valence-corrected chi connectivity index (χ1v) is 12.1. The van der Waals surface area contributed by atoms with Crippen LogP contribution in [0.1, 0.15) is 19.8 Å². The van der Waals surface area contributed by atoms with E-state index in [1.807, 2.05) is 25.1 Å². The van der Waals surface area contributed by atoms with E-state index < -0.39 is 16.1 Å². The van der Waals surface area contributed by atoms with Gasteiger partial charge in [-0.2, -0.15) is 4.31 Å². The molecule has 0 radical (unpaired) electrons. The molecule has 6 nitrogen and oxygen atoms in total. The molecule has 1 atom stereocenters. The third-order valence-corrected chi connectivity index (χ3v) is 8.39. The molecule has 1 unspecified atom stereocenters. The van der Waals surface area contributed by atoms with E-state index in [2.05, 4.69) is 0 Å². The summed E-state index contributed by atoms with van der Waals surface area (Å²) < 4.78 is 34.1. The second-order valence-corrected chi connectivity index (χ2v) is 9.99. The number of likely N-dealkylation sites (N-methyl/N-ethyl adjacent to an activating group) is 1. The second kappa shape index (κ2) is 7.57. The predicted molar refractivity (Wildman–Crippen MR) is 111 cm³/mol.